The van der Waals surface area contributed by atoms with Gasteiger partial charge < -0.3 is 5.73 Å². The first-order valence-electron chi connectivity index (χ1n) is 5.33. The van der Waals surface area contributed by atoms with E-state index >= 15 is 0 Å². The molecule has 0 aliphatic carbocycles. The maximum absolute atomic E-state index is 5.64. The summed E-state index contributed by atoms with van der Waals surface area (Å²) in [6, 6.07) is 0. The van der Waals surface area contributed by atoms with Crippen LogP contribution in [0.3, 0.4) is 0 Å². The van der Waals surface area contributed by atoms with E-state index in [4.69, 9.17) is 5.73 Å². The molecular weight excluding hydrogens is 174 g/mol. The molecule has 0 unspecified atom stereocenters. The Bertz CT molecular complexity index is 195. The van der Waals surface area contributed by atoms with Crippen LogP contribution in [0.4, 0.5) is 0 Å². The predicted octanol–water partition coefficient (Wildman–Crippen LogP) is 2.55. The minimum Gasteiger partial charge on any atom is -0.312 e. The molecule has 0 saturated carbocycles. The van der Waals surface area contributed by atoms with Crippen molar-refractivity contribution >= 4 is 6.21 Å². The van der Waals surface area contributed by atoms with Gasteiger partial charge in [0.2, 0.25) is 0 Å². The maximum atomic E-state index is 5.64. The Kier molecular flexibility index (Phi) is 7.11. The lowest BCUT2D eigenvalue weighted by molar-refractivity contribution is 0.337. The van der Waals surface area contributed by atoms with Crippen LogP contribution in [0, 0.1) is 5.92 Å². The Morgan fingerprint density at radius 1 is 1.50 bits per heavy atom. The predicted molar refractivity (Wildman–Crippen MR) is 62.9 cm³/mol. The zero-order valence-electron chi connectivity index (χ0n) is 9.83. The first-order valence-corrected chi connectivity index (χ1v) is 5.33. The van der Waals surface area contributed by atoms with Gasteiger partial charge in [0.1, 0.15) is 0 Å². The minimum absolute atomic E-state index is 0.443. The zero-order chi connectivity index (χ0) is 11.0. The van der Waals surface area contributed by atoms with E-state index in [1.807, 2.05) is 18.1 Å². The van der Waals surface area contributed by atoms with Crippen LogP contribution in [-0.4, -0.2) is 17.9 Å². The Labute approximate surface area is 87.7 Å². The average Bonchev–Trinajstić information content (AvgIpc) is 2.16. The highest BCUT2D eigenvalue weighted by Gasteiger charge is 2.08. The Morgan fingerprint density at radius 2 is 2.14 bits per heavy atom. The third kappa shape index (κ3) is 4.42. The fourth-order valence-electron chi connectivity index (χ4n) is 1.29. The molecule has 0 aromatic rings. The van der Waals surface area contributed by atoms with Gasteiger partial charge in [-0.25, -0.2) is 0 Å². The summed E-state index contributed by atoms with van der Waals surface area (Å²) in [7, 11) is 0. The molecule has 0 atom stereocenters. The van der Waals surface area contributed by atoms with Crippen LogP contribution in [0.1, 0.15) is 40.5 Å². The van der Waals surface area contributed by atoms with Gasteiger partial charge in [-0.05, 0) is 19.3 Å². The molecule has 0 amide bonds. The van der Waals surface area contributed by atoms with Crippen molar-refractivity contribution in [2.45, 2.75) is 40.5 Å². The van der Waals surface area contributed by atoms with Gasteiger partial charge in [-0.15, -0.1) is 0 Å². The van der Waals surface area contributed by atoms with Crippen molar-refractivity contribution in [2.24, 2.45) is 16.8 Å². The van der Waals surface area contributed by atoms with Crippen molar-refractivity contribution in [3.05, 3.63) is 11.8 Å². The van der Waals surface area contributed by atoms with Gasteiger partial charge in [-0.1, -0.05) is 33.3 Å². The molecule has 82 valence electrons. The van der Waals surface area contributed by atoms with Gasteiger partial charge in [0.15, 0.2) is 0 Å². The van der Waals surface area contributed by atoms with Crippen molar-refractivity contribution in [3.8, 4) is 0 Å². The second-order valence-corrected chi connectivity index (χ2v) is 3.54. The molecule has 0 aliphatic heterocycles. The number of allylic oxidation sites excluding steroid dienone is 2. The van der Waals surface area contributed by atoms with E-state index in [9.17, 15) is 0 Å². The lowest BCUT2D eigenvalue weighted by Gasteiger charge is -2.22. The van der Waals surface area contributed by atoms with Crippen LogP contribution in [0.15, 0.2) is 16.9 Å². The van der Waals surface area contributed by atoms with Crippen LogP contribution in [0.5, 0.6) is 0 Å². The minimum atomic E-state index is 0.443. The molecule has 0 radical (unpaired) electrons. The molecular formula is C11H23N3. The maximum Gasteiger partial charge on any atom is 0.0881 e. The van der Waals surface area contributed by atoms with E-state index in [-0.39, 0.29) is 0 Å². The summed E-state index contributed by atoms with van der Waals surface area (Å²) in [5, 5.41) is 6.20. The van der Waals surface area contributed by atoms with Crippen molar-refractivity contribution < 1.29 is 0 Å². The molecule has 3 heteroatoms. The first-order chi connectivity index (χ1) is 6.67. The van der Waals surface area contributed by atoms with Crippen molar-refractivity contribution in [1.82, 2.24) is 5.01 Å². The summed E-state index contributed by atoms with van der Waals surface area (Å²) >= 11 is 0. The van der Waals surface area contributed by atoms with Gasteiger partial charge in [0, 0.05) is 11.9 Å². The number of nitrogens with two attached hydrogens (primary N) is 1. The largest absolute Gasteiger partial charge is 0.312 e. The number of hydrogen-bond donors (Lipinski definition) is 1. The summed E-state index contributed by atoms with van der Waals surface area (Å²) in [5.41, 5.74) is 6.82. The van der Waals surface area contributed by atoms with Crippen molar-refractivity contribution in [2.75, 3.05) is 6.67 Å². The fraction of sp³-hybridized carbons (Fsp3) is 0.727. The number of nitrogens with zero attached hydrogens (tertiary/aromatic N) is 2. The van der Waals surface area contributed by atoms with E-state index in [0.29, 0.717) is 12.6 Å². The van der Waals surface area contributed by atoms with Gasteiger partial charge >= 0.3 is 0 Å². The highest BCUT2D eigenvalue weighted by Crippen LogP contribution is 2.14. The van der Waals surface area contributed by atoms with E-state index in [1.165, 1.54) is 5.70 Å². The van der Waals surface area contributed by atoms with E-state index < -0.39 is 0 Å². The third-order valence-electron chi connectivity index (χ3n) is 2.00. The molecule has 0 bridgehead atoms. The van der Waals surface area contributed by atoms with Gasteiger partial charge in [-0.3, -0.25) is 5.01 Å². The molecule has 0 rings (SSSR count). The quantitative estimate of drug-likeness (QED) is 0.404. The summed E-state index contributed by atoms with van der Waals surface area (Å²) in [5.74, 6) is 0.460. The van der Waals surface area contributed by atoms with Gasteiger partial charge in [-0.2, -0.15) is 5.10 Å². The van der Waals surface area contributed by atoms with Gasteiger partial charge in [0.25, 0.3) is 0 Å². The topological polar surface area (TPSA) is 41.6 Å². The molecule has 0 saturated heterocycles. The smallest absolute Gasteiger partial charge is 0.0881 e. The molecule has 0 spiro atoms. The number of unbranched alkanes of at least 4 members (excludes halogenated alkanes) is 1. The second-order valence-electron chi connectivity index (χ2n) is 3.54. The third-order valence-corrected chi connectivity index (χ3v) is 2.00. The normalized spacial score (nSPS) is 12.9. The molecule has 2 N–H and O–H groups in total. The first kappa shape index (κ1) is 13.2. The second kappa shape index (κ2) is 7.56. The summed E-state index contributed by atoms with van der Waals surface area (Å²) < 4.78 is 0. The molecule has 0 fully saturated rings. The summed E-state index contributed by atoms with van der Waals surface area (Å²) in [4.78, 5) is 0. The summed E-state index contributed by atoms with van der Waals surface area (Å²) in [6.07, 6.45) is 6.12. The molecule has 0 heterocycles. The highest BCUT2D eigenvalue weighted by atomic mass is 15.5. The standard InChI is InChI=1S/C11H23N3/c1-5-7-8-13-14(9-12)11(6-2)10(3)4/h6,8,10H,5,7,9,12H2,1-4H3/b11-6-,13-8-. The van der Waals surface area contributed by atoms with Crippen molar-refractivity contribution in [1.29, 1.82) is 0 Å². The van der Waals surface area contributed by atoms with E-state index in [0.717, 1.165) is 12.8 Å². The molecule has 14 heavy (non-hydrogen) atoms. The van der Waals surface area contributed by atoms with Crippen molar-refractivity contribution in [3.63, 3.8) is 0 Å². The summed E-state index contributed by atoms with van der Waals surface area (Å²) in [6.45, 7) is 8.89. The van der Waals surface area contributed by atoms with Crippen LogP contribution in [-0.2, 0) is 0 Å². The Hall–Kier alpha value is -0.830. The van der Waals surface area contributed by atoms with Crippen LogP contribution in [0.25, 0.3) is 0 Å². The van der Waals surface area contributed by atoms with Crippen LogP contribution >= 0.6 is 0 Å². The lowest BCUT2D eigenvalue weighted by Crippen LogP contribution is -2.26. The van der Waals surface area contributed by atoms with E-state index in [1.54, 1.807) is 0 Å². The number of rotatable bonds is 6. The lowest BCUT2D eigenvalue weighted by atomic mass is 10.1. The molecule has 0 aromatic heterocycles. The highest BCUT2D eigenvalue weighted by molar-refractivity contribution is 5.56. The monoisotopic (exact) mass is 197 g/mol. The number of hydrogen-bond acceptors (Lipinski definition) is 3. The Balaban J connectivity index is 4.38. The Morgan fingerprint density at radius 3 is 2.50 bits per heavy atom. The van der Waals surface area contributed by atoms with Gasteiger partial charge in [0.05, 0.1) is 6.67 Å². The number of hydrazone groups is 1. The zero-order valence-corrected chi connectivity index (χ0v) is 9.83. The van der Waals surface area contributed by atoms with Crippen LogP contribution in [0.2, 0.25) is 0 Å². The average molecular weight is 197 g/mol. The van der Waals surface area contributed by atoms with Crippen LogP contribution < -0.4 is 5.73 Å². The van der Waals surface area contributed by atoms with E-state index in [2.05, 4.69) is 31.9 Å². The molecule has 3 nitrogen and oxygen atoms in total. The fourth-order valence-corrected chi connectivity index (χ4v) is 1.29. The SMILES string of the molecule is C/C=C(/C(C)C)N(CN)/N=C\CCC. The molecule has 0 aromatic carbocycles. The molecule has 0 aliphatic rings.